The Bertz CT molecular complexity index is 1400. The molecule has 1 aromatic carbocycles. The van der Waals surface area contributed by atoms with E-state index in [1.807, 2.05) is 11.0 Å². The van der Waals surface area contributed by atoms with Crippen molar-refractivity contribution in [2.45, 2.75) is 77.2 Å². The van der Waals surface area contributed by atoms with E-state index in [1.165, 1.54) is 59.9 Å². The second-order valence-electron chi connectivity index (χ2n) is 12.9. The summed E-state index contributed by atoms with van der Waals surface area (Å²) in [4.78, 5) is 28.4. The molecule has 6 nitrogen and oxygen atoms in total. The van der Waals surface area contributed by atoms with Gasteiger partial charge in [0.15, 0.2) is 0 Å². The van der Waals surface area contributed by atoms with E-state index in [2.05, 4.69) is 36.6 Å². The van der Waals surface area contributed by atoms with Crippen molar-refractivity contribution in [1.29, 1.82) is 0 Å². The molecule has 3 aliphatic carbocycles. The lowest BCUT2D eigenvalue weighted by Crippen LogP contribution is -2.46. The molecule has 1 saturated heterocycles. The van der Waals surface area contributed by atoms with Crippen LogP contribution >= 0.6 is 0 Å². The summed E-state index contributed by atoms with van der Waals surface area (Å²) in [7, 11) is 0. The van der Waals surface area contributed by atoms with Gasteiger partial charge in [-0.1, -0.05) is 56.9 Å². The molecule has 7 rings (SSSR count). The molecule has 2 saturated carbocycles. The maximum atomic E-state index is 14.3. The number of aromatic carboxylic acids is 1. The van der Waals surface area contributed by atoms with Crippen LogP contribution in [0.15, 0.2) is 41.5 Å². The monoisotopic (exact) mass is 528 g/mol. The summed E-state index contributed by atoms with van der Waals surface area (Å²) in [6.07, 6.45) is 12.9. The first-order valence-electron chi connectivity index (χ1n) is 15.1. The zero-order valence-corrected chi connectivity index (χ0v) is 23.2. The van der Waals surface area contributed by atoms with Crippen molar-refractivity contribution < 1.29 is 19.4 Å². The van der Waals surface area contributed by atoms with Crippen molar-refractivity contribution in [3.8, 4) is 0 Å². The number of carboxylic acids is 1. The summed E-state index contributed by atoms with van der Waals surface area (Å²) in [6, 6.07) is 5.72. The molecule has 0 bridgehead atoms. The quantitative estimate of drug-likeness (QED) is 0.508. The number of carboxylic acid groups (broad SMARTS) is 1. The van der Waals surface area contributed by atoms with E-state index in [0.29, 0.717) is 50.2 Å². The molecule has 2 aliphatic heterocycles. The van der Waals surface area contributed by atoms with Gasteiger partial charge < -0.3 is 19.3 Å². The van der Waals surface area contributed by atoms with E-state index in [0.717, 1.165) is 18.4 Å². The lowest BCUT2D eigenvalue weighted by Gasteiger charge is -2.31. The van der Waals surface area contributed by atoms with Crippen molar-refractivity contribution in [2.75, 3.05) is 26.3 Å². The number of ether oxygens (including phenoxy) is 1. The Hall–Kier alpha value is -2.86. The topological polar surface area (TPSA) is 71.8 Å². The summed E-state index contributed by atoms with van der Waals surface area (Å²) >= 11 is 0. The fourth-order valence-electron chi connectivity index (χ4n) is 8.24. The van der Waals surface area contributed by atoms with E-state index in [9.17, 15) is 14.7 Å². The fraction of sp³-hybridized carbons (Fsp3) is 0.576. The van der Waals surface area contributed by atoms with E-state index < -0.39 is 11.4 Å². The summed E-state index contributed by atoms with van der Waals surface area (Å²) in [5.74, 6) is 0.803. The van der Waals surface area contributed by atoms with Crippen LogP contribution in [-0.4, -0.2) is 52.8 Å². The van der Waals surface area contributed by atoms with Gasteiger partial charge >= 0.3 is 5.97 Å². The van der Waals surface area contributed by atoms with Crippen molar-refractivity contribution in [3.05, 3.63) is 58.3 Å². The van der Waals surface area contributed by atoms with Crippen LogP contribution in [0.2, 0.25) is 0 Å². The Morgan fingerprint density at radius 1 is 1.10 bits per heavy atom. The van der Waals surface area contributed by atoms with E-state index >= 15 is 0 Å². The smallest absolute Gasteiger partial charge is 0.335 e. The number of allylic oxidation sites excluding steroid dienone is 4. The molecule has 0 spiro atoms. The molecule has 2 aromatic rings. The highest BCUT2D eigenvalue weighted by molar-refractivity contribution is 5.96. The fourth-order valence-corrected chi connectivity index (χ4v) is 8.24. The van der Waals surface area contributed by atoms with E-state index in [-0.39, 0.29) is 17.7 Å². The first kappa shape index (κ1) is 25.1. The number of hydrogen-bond donors (Lipinski definition) is 1. The lowest BCUT2D eigenvalue weighted by atomic mass is 9.75. The molecule has 3 fully saturated rings. The Morgan fingerprint density at radius 3 is 2.59 bits per heavy atom. The summed E-state index contributed by atoms with van der Waals surface area (Å²) in [5, 5.41) is 11.1. The SMILES string of the molecule is CC(C)C1=CCC2C(=C1)C1CC1(C(=O)N1CCOCC1)Cn1c2c(C2CCCCC2)c2ccc(C(=O)O)cc21. The second-order valence-corrected chi connectivity index (χ2v) is 12.9. The van der Waals surface area contributed by atoms with Crippen LogP contribution in [0, 0.1) is 17.3 Å². The van der Waals surface area contributed by atoms with E-state index in [1.54, 1.807) is 6.07 Å². The third kappa shape index (κ3) is 3.93. The van der Waals surface area contributed by atoms with Crippen molar-refractivity contribution in [2.24, 2.45) is 17.3 Å². The minimum Gasteiger partial charge on any atom is -0.478 e. The Morgan fingerprint density at radius 2 is 1.87 bits per heavy atom. The van der Waals surface area contributed by atoms with Crippen LogP contribution in [0.25, 0.3) is 10.9 Å². The third-order valence-electron chi connectivity index (χ3n) is 10.4. The van der Waals surface area contributed by atoms with Crippen LogP contribution in [0.5, 0.6) is 0 Å². The molecule has 206 valence electrons. The molecule has 39 heavy (non-hydrogen) atoms. The van der Waals surface area contributed by atoms with Crippen molar-refractivity contribution in [3.63, 3.8) is 0 Å². The van der Waals surface area contributed by atoms with Crippen LogP contribution in [0.4, 0.5) is 0 Å². The van der Waals surface area contributed by atoms with Gasteiger partial charge in [-0.25, -0.2) is 4.79 Å². The average molecular weight is 529 g/mol. The second kappa shape index (κ2) is 9.36. The van der Waals surface area contributed by atoms with Crippen LogP contribution in [0.3, 0.4) is 0 Å². The zero-order valence-electron chi connectivity index (χ0n) is 23.2. The number of amides is 1. The maximum absolute atomic E-state index is 14.3. The molecule has 5 aliphatic rings. The van der Waals surface area contributed by atoms with Crippen LogP contribution < -0.4 is 0 Å². The minimum absolute atomic E-state index is 0.247. The molecule has 1 N–H and O–H groups in total. The molecule has 1 amide bonds. The normalized spacial score (nSPS) is 28.7. The zero-order chi connectivity index (χ0) is 26.9. The average Bonchev–Trinajstić information content (AvgIpc) is 3.63. The highest BCUT2D eigenvalue weighted by Crippen LogP contribution is 2.65. The van der Waals surface area contributed by atoms with Crippen molar-refractivity contribution in [1.82, 2.24) is 9.47 Å². The first-order valence-corrected chi connectivity index (χ1v) is 15.1. The van der Waals surface area contributed by atoms with Crippen LogP contribution in [-0.2, 0) is 16.1 Å². The van der Waals surface area contributed by atoms with Gasteiger partial charge in [-0.15, -0.1) is 0 Å². The number of aromatic nitrogens is 1. The lowest BCUT2D eigenvalue weighted by molar-refractivity contribution is -0.142. The molecular formula is C33H40N2O4. The van der Waals surface area contributed by atoms with Gasteiger partial charge in [0, 0.05) is 42.1 Å². The van der Waals surface area contributed by atoms with Crippen LogP contribution in [0.1, 0.15) is 92.2 Å². The summed E-state index contributed by atoms with van der Waals surface area (Å²) in [6.45, 7) is 7.67. The molecule has 1 aromatic heterocycles. The van der Waals surface area contributed by atoms with E-state index in [4.69, 9.17) is 4.74 Å². The van der Waals surface area contributed by atoms with Gasteiger partial charge in [0.2, 0.25) is 5.91 Å². The Kier molecular flexibility index (Phi) is 6.03. The number of benzene rings is 1. The first-order chi connectivity index (χ1) is 18.9. The van der Waals surface area contributed by atoms with Gasteiger partial charge in [-0.2, -0.15) is 0 Å². The largest absolute Gasteiger partial charge is 0.478 e. The molecule has 3 heterocycles. The predicted octanol–water partition coefficient (Wildman–Crippen LogP) is 6.26. The predicted molar refractivity (Wildman–Crippen MR) is 151 cm³/mol. The number of fused-ring (bicyclic) bond motifs is 7. The number of carbonyl (C=O) groups is 2. The van der Waals surface area contributed by atoms with Crippen molar-refractivity contribution >= 4 is 22.8 Å². The molecule has 6 heteroatoms. The third-order valence-corrected chi connectivity index (χ3v) is 10.4. The van der Waals surface area contributed by atoms with Gasteiger partial charge in [0.1, 0.15) is 0 Å². The van der Waals surface area contributed by atoms with Gasteiger partial charge in [-0.3, -0.25) is 4.79 Å². The number of nitrogens with zero attached hydrogens (tertiary/aromatic N) is 2. The molecular weight excluding hydrogens is 488 g/mol. The highest BCUT2D eigenvalue weighted by atomic mass is 16.5. The maximum Gasteiger partial charge on any atom is 0.335 e. The minimum atomic E-state index is -0.897. The van der Waals surface area contributed by atoms with Gasteiger partial charge in [0.25, 0.3) is 0 Å². The number of hydrogen-bond acceptors (Lipinski definition) is 3. The van der Waals surface area contributed by atoms with Gasteiger partial charge in [-0.05, 0) is 66.7 Å². The molecule has 3 unspecified atom stereocenters. The molecule has 0 radical (unpaired) electrons. The standard InChI is InChI=1S/C33H40N2O4/c1-20(2)22-8-10-24-26(16-22)27-18-33(27,32(38)34-12-14-39-15-13-34)19-35-28-17-23(31(36)37)9-11-25(28)29(30(24)35)21-6-4-3-5-7-21/h8-9,11,16-17,20-21,24,27H,3-7,10,12-15,18-19H2,1-2H3,(H,36,37). The summed E-state index contributed by atoms with van der Waals surface area (Å²) < 4.78 is 8.00. The Balaban J connectivity index is 1.45. The number of carbonyl (C=O) groups excluding carboxylic acids is 1. The number of rotatable bonds is 4. The summed E-state index contributed by atoms with van der Waals surface area (Å²) in [5.41, 5.74) is 6.51. The number of morpholine rings is 1. The molecule has 3 atom stereocenters. The van der Waals surface area contributed by atoms with Gasteiger partial charge in [0.05, 0.1) is 24.2 Å². The highest BCUT2D eigenvalue weighted by Gasteiger charge is 2.65. The Labute approximate surface area is 230 Å².